The second-order valence-corrected chi connectivity index (χ2v) is 5.05. The molecular formula is C17H17N3O. The Balaban J connectivity index is 1.76. The van der Waals surface area contributed by atoms with Crippen LogP contribution in [0.25, 0.3) is 10.9 Å². The first-order valence-corrected chi connectivity index (χ1v) is 6.88. The topological polar surface area (TPSA) is 70.9 Å². The van der Waals surface area contributed by atoms with Crippen LogP contribution < -0.4 is 11.1 Å². The average Bonchev–Trinajstić information content (AvgIpc) is 2.93. The van der Waals surface area contributed by atoms with Crippen LogP contribution in [-0.4, -0.2) is 10.9 Å². The lowest BCUT2D eigenvalue weighted by molar-refractivity contribution is -0.117. The standard InChI is InChI=1S/C17H17N3O/c18-17(21)10-14-3-1-2-4-15(14)20-11-12-5-6-13-7-8-19-16(13)9-12/h1-9,19-20H,10-11H2,(H2,18,21). The number of anilines is 1. The molecule has 0 fully saturated rings. The summed E-state index contributed by atoms with van der Waals surface area (Å²) in [7, 11) is 0. The van der Waals surface area contributed by atoms with Crippen LogP contribution in [0, 0.1) is 0 Å². The Morgan fingerprint density at radius 3 is 2.86 bits per heavy atom. The molecule has 1 aromatic heterocycles. The fourth-order valence-corrected chi connectivity index (χ4v) is 2.44. The maximum Gasteiger partial charge on any atom is 0.221 e. The van der Waals surface area contributed by atoms with E-state index in [4.69, 9.17) is 5.73 Å². The molecule has 3 rings (SSSR count). The first-order chi connectivity index (χ1) is 10.2. The quantitative estimate of drug-likeness (QED) is 0.672. The second-order valence-electron chi connectivity index (χ2n) is 5.05. The summed E-state index contributed by atoms with van der Waals surface area (Å²) >= 11 is 0. The van der Waals surface area contributed by atoms with Gasteiger partial charge in [-0.1, -0.05) is 30.3 Å². The van der Waals surface area contributed by atoms with E-state index in [-0.39, 0.29) is 12.3 Å². The van der Waals surface area contributed by atoms with Gasteiger partial charge in [-0.25, -0.2) is 0 Å². The normalized spacial score (nSPS) is 10.7. The van der Waals surface area contributed by atoms with Crippen LogP contribution in [0.2, 0.25) is 0 Å². The number of nitrogens with one attached hydrogen (secondary N) is 2. The summed E-state index contributed by atoms with van der Waals surface area (Å²) in [6.07, 6.45) is 2.18. The van der Waals surface area contributed by atoms with E-state index >= 15 is 0 Å². The van der Waals surface area contributed by atoms with Crippen molar-refractivity contribution in [3.05, 3.63) is 65.9 Å². The van der Waals surface area contributed by atoms with Crippen molar-refractivity contribution in [2.75, 3.05) is 5.32 Å². The molecule has 106 valence electrons. The van der Waals surface area contributed by atoms with E-state index in [0.29, 0.717) is 6.54 Å². The van der Waals surface area contributed by atoms with Gasteiger partial charge in [0.05, 0.1) is 6.42 Å². The molecule has 0 aliphatic heterocycles. The Bertz CT molecular complexity index is 776. The van der Waals surface area contributed by atoms with Crippen LogP contribution in [0.15, 0.2) is 54.7 Å². The van der Waals surface area contributed by atoms with Crippen molar-refractivity contribution in [1.82, 2.24) is 4.98 Å². The van der Waals surface area contributed by atoms with Crippen LogP contribution in [0.5, 0.6) is 0 Å². The third-order valence-corrected chi connectivity index (χ3v) is 3.48. The molecule has 2 aromatic carbocycles. The van der Waals surface area contributed by atoms with Gasteiger partial charge in [-0.05, 0) is 34.7 Å². The molecule has 4 heteroatoms. The van der Waals surface area contributed by atoms with E-state index in [9.17, 15) is 4.79 Å². The number of hydrogen-bond donors (Lipinski definition) is 3. The lowest BCUT2D eigenvalue weighted by Gasteiger charge is -2.11. The van der Waals surface area contributed by atoms with Crippen LogP contribution in [-0.2, 0) is 17.8 Å². The van der Waals surface area contributed by atoms with Gasteiger partial charge in [-0.3, -0.25) is 4.79 Å². The second kappa shape index (κ2) is 5.71. The number of H-pyrrole nitrogens is 1. The predicted octanol–water partition coefficient (Wildman–Crippen LogP) is 2.81. The molecule has 0 atom stereocenters. The Labute approximate surface area is 123 Å². The maximum atomic E-state index is 11.1. The average molecular weight is 279 g/mol. The number of nitrogens with two attached hydrogens (primary N) is 1. The molecule has 21 heavy (non-hydrogen) atoms. The smallest absolute Gasteiger partial charge is 0.221 e. The first kappa shape index (κ1) is 13.2. The van der Waals surface area contributed by atoms with Crippen molar-refractivity contribution in [2.45, 2.75) is 13.0 Å². The molecule has 0 saturated carbocycles. The zero-order valence-corrected chi connectivity index (χ0v) is 11.6. The number of carbonyl (C=O) groups is 1. The van der Waals surface area contributed by atoms with Crippen molar-refractivity contribution in [3.63, 3.8) is 0 Å². The van der Waals surface area contributed by atoms with Crippen LogP contribution in [0.4, 0.5) is 5.69 Å². The predicted molar refractivity (Wildman–Crippen MR) is 85.0 cm³/mol. The Kier molecular flexibility index (Phi) is 3.60. The maximum absolute atomic E-state index is 11.1. The van der Waals surface area contributed by atoms with Gasteiger partial charge in [0, 0.05) is 23.9 Å². The summed E-state index contributed by atoms with van der Waals surface area (Å²) in [4.78, 5) is 14.3. The van der Waals surface area contributed by atoms with Gasteiger partial charge in [0.2, 0.25) is 5.91 Å². The number of primary amides is 1. The van der Waals surface area contributed by atoms with Gasteiger partial charge in [0.25, 0.3) is 0 Å². The molecule has 4 N–H and O–H groups in total. The number of hydrogen-bond acceptors (Lipinski definition) is 2. The summed E-state index contributed by atoms with van der Waals surface area (Å²) in [6.45, 7) is 0.699. The van der Waals surface area contributed by atoms with Crippen molar-refractivity contribution < 1.29 is 4.79 Å². The van der Waals surface area contributed by atoms with E-state index in [0.717, 1.165) is 16.8 Å². The molecule has 1 amide bonds. The molecule has 0 aliphatic carbocycles. The van der Waals surface area contributed by atoms with Crippen molar-refractivity contribution in [2.24, 2.45) is 5.73 Å². The SMILES string of the molecule is NC(=O)Cc1ccccc1NCc1ccc2cc[nH]c2c1. The summed E-state index contributed by atoms with van der Waals surface area (Å²) in [6, 6.07) is 16.1. The molecule has 3 aromatic rings. The highest BCUT2D eigenvalue weighted by molar-refractivity contribution is 5.80. The number of aromatic nitrogens is 1. The largest absolute Gasteiger partial charge is 0.381 e. The molecule has 0 radical (unpaired) electrons. The summed E-state index contributed by atoms with van der Waals surface area (Å²) < 4.78 is 0. The van der Waals surface area contributed by atoms with E-state index < -0.39 is 0 Å². The van der Waals surface area contributed by atoms with E-state index in [1.54, 1.807) is 0 Å². The number of carbonyl (C=O) groups excluding carboxylic acids is 1. The highest BCUT2D eigenvalue weighted by atomic mass is 16.1. The van der Waals surface area contributed by atoms with Crippen LogP contribution >= 0.6 is 0 Å². The van der Waals surface area contributed by atoms with Gasteiger partial charge >= 0.3 is 0 Å². The van der Waals surface area contributed by atoms with Gasteiger partial charge in [0.15, 0.2) is 0 Å². The van der Waals surface area contributed by atoms with E-state index in [2.05, 4.69) is 34.6 Å². The molecule has 0 spiro atoms. The molecule has 0 bridgehead atoms. The van der Waals surface area contributed by atoms with Gasteiger partial charge in [-0.15, -0.1) is 0 Å². The van der Waals surface area contributed by atoms with Crippen molar-refractivity contribution >= 4 is 22.5 Å². The van der Waals surface area contributed by atoms with Crippen LogP contribution in [0.1, 0.15) is 11.1 Å². The third-order valence-electron chi connectivity index (χ3n) is 3.48. The number of rotatable bonds is 5. The Hall–Kier alpha value is -2.75. The highest BCUT2D eigenvalue weighted by Gasteiger charge is 2.05. The zero-order valence-electron chi connectivity index (χ0n) is 11.6. The monoisotopic (exact) mass is 279 g/mol. The molecule has 1 heterocycles. The minimum Gasteiger partial charge on any atom is -0.381 e. The summed E-state index contributed by atoms with van der Waals surface area (Å²) in [5.74, 6) is -0.322. The fraction of sp³-hybridized carbons (Fsp3) is 0.118. The summed E-state index contributed by atoms with van der Waals surface area (Å²) in [5.41, 5.74) is 9.45. The molecule has 0 aliphatic rings. The van der Waals surface area contributed by atoms with Gasteiger partial charge in [0.1, 0.15) is 0 Å². The highest BCUT2D eigenvalue weighted by Crippen LogP contribution is 2.18. The van der Waals surface area contributed by atoms with Crippen molar-refractivity contribution in [3.8, 4) is 0 Å². The molecule has 0 unspecified atom stereocenters. The fourth-order valence-electron chi connectivity index (χ4n) is 2.44. The zero-order chi connectivity index (χ0) is 14.7. The van der Waals surface area contributed by atoms with E-state index in [1.807, 2.05) is 30.5 Å². The lowest BCUT2D eigenvalue weighted by atomic mass is 10.1. The van der Waals surface area contributed by atoms with Gasteiger partial charge in [-0.2, -0.15) is 0 Å². The molecule has 0 saturated heterocycles. The minimum absolute atomic E-state index is 0.249. The van der Waals surface area contributed by atoms with Crippen LogP contribution in [0.3, 0.4) is 0 Å². The Morgan fingerprint density at radius 1 is 1.14 bits per heavy atom. The third kappa shape index (κ3) is 3.05. The molecular weight excluding hydrogens is 262 g/mol. The van der Waals surface area contributed by atoms with Gasteiger partial charge < -0.3 is 16.0 Å². The number of benzene rings is 2. The lowest BCUT2D eigenvalue weighted by Crippen LogP contribution is -2.15. The number of aromatic amines is 1. The van der Waals surface area contributed by atoms with Crippen molar-refractivity contribution in [1.29, 1.82) is 0 Å². The number of fused-ring (bicyclic) bond motifs is 1. The minimum atomic E-state index is -0.322. The Morgan fingerprint density at radius 2 is 2.00 bits per heavy atom. The number of para-hydroxylation sites is 1. The molecule has 4 nitrogen and oxygen atoms in total. The summed E-state index contributed by atoms with van der Waals surface area (Å²) in [5, 5.41) is 4.57. The first-order valence-electron chi connectivity index (χ1n) is 6.88. The number of amides is 1. The van der Waals surface area contributed by atoms with E-state index in [1.165, 1.54) is 10.9 Å².